The molecule has 1 aromatic carbocycles. The normalized spacial score (nSPS) is 14.7. The molecule has 1 rings (SSSR count). The van der Waals surface area contributed by atoms with Crippen molar-refractivity contribution in [2.24, 2.45) is 0 Å². The van der Waals surface area contributed by atoms with Crippen molar-refractivity contribution in [3.05, 3.63) is 41.6 Å². The predicted octanol–water partition coefficient (Wildman–Crippen LogP) is 4.65. The summed E-state index contributed by atoms with van der Waals surface area (Å²) in [6.07, 6.45) is 0. The lowest BCUT2D eigenvalue weighted by atomic mass is 10.3. The number of likely N-dealkylation sites (N-methyl/N-ethyl adjacent to an activating group) is 1. The molecule has 5 nitrogen and oxygen atoms in total. The highest BCUT2D eigenvalue weighted by Gasteiger charge is 2.31. The van der Waals surface area contributed by atoms with E-state index in [1.807, 2.05) is 19.9 Å². The first-order chi connectivity index (χ1) is 10.6. The zero-order valence-electron chi connectivity index (χ0n) is 13.2. The maximum Gasteiger partial charge on any atom is 0.587 e. The second-order valence-corrected chi connectivity index (χ2v) is 6.13. The Balaban J connectivity index is 2.82. The van der Waals surface area contributed by atoms with E-state index in [1.165, 1.54) is 5.54 Å². The summed E-state index contributed by atoms with van der Waals surface area (Å²) in [4.78, 5) is 2.08. The molecule has 0 radical (unpaired) electrons. The van der Waals surface area contributed by atoms with E-state index in [0.717, 1.165) is 13.1 Å². The van der Waals surface area contributed by atoms with Gasteiger partial charge in [-0.05, 0) is 32.1 Å². The second kappa shape index (κ2) is 9.90. The van der Waals surface area contributed by atoms with E-state index in [2.05, 4.69) is 4.90 Å². The summed E-state index contributed by atoms with van der Waals surface area (Å²) in [5.41, 5.74) is 1.26. The third kappa shape index (κ3) is 6.41. The number of halogens is 1. The minimum Gasteiger partial charge on any atom is -0.397 e. The first kappa shape index (κ1) is 19.0. The molecule has 124 valence electrons. The van der Waals surface area contributed by atoms with Gasteiger partial charge in [-0.15, -0.1) is 0 Å². The summed E-state index contributed by atoms with van der Waals surface area (Å²) in [6, 6.07) is 8.76. The predicted molar refractivity (Wildman–Crippen MR) is 89.1 cm³/mol. The van der Waals surface area contributed by atoms with Crippen LogP contribution in [0.1, 0.15) is 20.8 Å². The van der Waals surface area contributed by atoms with Crippen molar-refractivity contribution in [2.45, 2.75) is 20.8 Å². The fourth-order valence-electron chi connectivity index (χ4n) is 1.73. The Morgan fingerprint density at radius 1 is 1.23 bits per heavy atom. The van der Waals surface area contributed by atoms with E-state index in [0.29, 0.717) is 18.1 Å². The summed E-state index contributed by atoms with van der Waals surface area (Å²) >= 11 is 5.79. The first-order valence-corrected chi connectivity index (χ1v) is 9.17. The van der Waals surface area contributed by atoms with Crippen LogP contribution in [0.25, 0.3) is 0 Å². The molecule has 0 aliphatic rings. The van der Waals surface area contributed by atoms with Crippen LogP contribution in [-0.2, 0) is 13.6 Å². The number of benzene rings is 1. The van der Waals surface area contributed by atoms with E-state index in [4.69, 9.17) is 25.2 Å². The van der Waals surface area contributed by atoms with E-state index >= 15 is 0 Å². The minimum atomic E-state index is -3.77. The lowest BCUT2D eigenvalue weighted by molar-refractivity contribution is 0.178. The monoisotopic (exact) mass is 347 g/mol. The molecule has 0 saturated carbocycles. The van der Waals surface area contributed by atoms with Gasteiger partial charge in [0.2, 0.25) is 0 Å². The molecule has 0 aromatic heterocycles. The smallest absolute Gasteiger partial charge is 0.397 e. The molecule has 0 aliphatic heterocycles. The molecule has 0 N–H and O–H groups in total. The van der Waals surface area contributed by atoms with Crippen molar-refractivity contribution in [2.75, 3.05) is 26.2 Å². The summed E-state index contributed by atoms with van der Waals surface area (Å²) in [7, 11) is -3.77. The SMILES string of the molecule is CCOP(=O)(OC(=CCl)CN(CC)CC)Oc1ccccc1. The highest BCUT2D eigenvalue weighted by Crippen LogP contribution is 2.51. The molecule has 0 amide bonds. The number of rotatable bonds is 10. The van der Waals surface area contributed by atoms with Crippen LogP contribution in [0.5, 0.6) is 5.75 Å². The summed E-state index contributed by atoms with van der Waals surface area (Å²) in [5.74, 6) is 0.758. The van der Waals surface area contributed by atoms with Crippen molar-refractivity contribution in [1.82, 2.24) is 4.90 Å². The highest BCUT2D eigenvalue weighted by molar-refractivity contribution is 7.49. The van der Waals surface area contributed by atoms with Gasteiger partial charge in [-0.3, -0.25) is 9.42 Å². The molecule has 0 fully saturated rings. The average Bonchev–Trinajstić information content (AvgIpc) is 2.52. The highest BCUT2D eigenvalue weighted by atomic mass is 35.5. The fraction of sp³-hybridized carbons (Fsp3) is 0.467. The second-order valence-electron chi connectivity index (χ2n) is 4.40. The number of phosphoric acid groups is 1. The Kier molecular flexibility index (Phi) is 8.57. The summed E-state index contributed by atoms with van der Waals surface area (Å²) in [5, 5.41) is 0. The van der Waals surface area contributed by atoms with Gasteiger partial charge in [0.15, 0.2) is 0 Å². The first-order valence-electron chi connectivity index (χ1n) is 7.27. The molecule has 1 aromatic rings. The van der Waals surface area contributed by atoms with E-state index in [1.54, 1.807) is 31.2 Å². The Labute approximate surface area is 137 Å². The third-order valence-electron chi connectivity index (χ3n) is 2.87. The Bertz CT molecular complexity index is 506. The van der Waals surface area contributed by atoms with Crippen LogP contribution in [0.3, 0.4) is 0 Å². The number of phosphoric ester groups is 1. The van der Waals surface area contributed by atoms with Gasteiger partial charge in [0.25, 0.3) is 0 Å². The van der Waals surface area contributed by atoms with E-state index in [9.17, 15) is 4.57 Å². The van der Waals surface area contributed by atoms with Crippen LogP contribution < -0.4 is 4.52 Å². The van der Waals surface area contributed by atoms with Gasteiger partial charge in [-0.25, -0.2) is 4.57 Å². The number of para-hydroxylation sites is 1. The number of nitrogens with zero attached hydrogens (tertiary/aromatic N) is 1. The standard InChI is InChI=1S/C15H23ClNO4P/c1-4-17(5-2)13-15(12-16)21-22(18,19-6-3)20-14-10-8-7-9-11-14/h7-12H,4-6,13H2,1-3H3. The molecule has 7 heteroatoms. The molecular formula is C15H23ClNO4P. The van der Waals surface area contributed by atoms with Crippen LogP contribution in [0, 0.1) is 0 Å². The summed E-state index contributed by atoms with van der Waals surface area (Å²) < 4.78 is 28.8. The van der Waals surface area contributed by atoms with Crippen LogP contribution in [0.4, 0.5) is 0 Å². The largest absolute Gasteiger partial charge is 0.587 e. The zero-order chi connectivity index (χ0) is 16.4. The lowest BCUT2D eigenvalue weighted by Crippen LogP contribution is -2.26. The van der Waals surface area contributed by atoms with E-state index in [-0.39, 0.29) is 6.61 Å². The third-order valence-corrected chi connectivity index (χ3v) is 4.58. The van der Waals surface area contributed by atoms with Crippen LogP contribution in [0.15, 0.2) is 41.6 Å². The average molecular weight is 348 g/mol. The summed E-state index contributed by atoms with van der Waals surface area (Å²) in [6.45, 7) is 8.06. The van der Waals surface area contributed by atoms with Crippen molar-refractivity contribution in [3.8, 4) is 5.75 Å². The van der Waals surface area contributed by atoms with Crippen LogP contribution >= 0.6 is 19.4 Å². The van der Waals surface area contributed by atoms with Gasteiger partial charge in [-0.1, -0.05) is 43.6 Å². The molecule has 0 spiro atoms. The van der Waals surface area contributed by atoms with Crippen molar-refractivity contribution in [3.63, 3.8) is 0 Å². The molecule has 1 atom stereocenters. The Morgan fingerprint density at radius 2 is 1.86 bits per heavy atom. The van der Waals surface area contributed by atoms with Gasteiger partial charge in [0.05, 0.1) is 13.2 Å². The Morgan fingerprint density at radius 3 is 2.36 bits per heavy atom. The maximum absolute atomic E-state index is 12.7. The molecule has 0 aliphatic carbocycles. The maximum atomic E-state index is 12.7. The zero-order valence-corrected chi connectivity index (χ0v) is 14.8. The van der Waals surface area contributed by atoms with Crippen LogP contribution in [0.2, 0.25) is 0 Å². The minimum absolute atomic E-state index is 0.199. The van der Waals surface area contributed by atoms with Crippen molar-refractivity contribution >= 4 is 19.4 Å². The molecule has 0 saturated heterocycles. The topological polar surface area (TPSA) is 48.0 Å². The Hall–Kier alpha value is -1.00. The molecule has 1 unspecified atom stereocenters. The number of hydrogen-bond acceptors (Lipinski definition) is 5. The van der Waals surface area contributed by atoms with Gasteiger partial charge >= 0.3 is 7.82 Å². The van der Waals surface area contributed by atoms with Gasteiger partial charge in [0, 0.05) is 5.54 Å². The number of hydrogen-bond donors (Lipinski definition) is 0. The molecule has 22 heavy (non-hydrogen) atoms. The van der Waals surface area contributed by atoms with E-state index < -0.39 is 7.82 Å². The fourth-order valence-corrected chi connectivity index (χ4v) is 3.15. The van der Waals surface area contributed by atoms with Crippen LogP contribution in [-0.4, -0.2) is 31.1 Å². The van der Waals surface area contributed by atoms with Gasteiger partial charge < -0.3 is 9.05 Å². The molecule has 0 bridgehead atoms. The van der Waals surface area contributed by atoms with Gasteiger partial charge in [-0.2, -0.15) is 0 Å². The quantitative estimate of drug-likeness (QED) is 0.455. The lowest BCUT2D eigenvalue weighted by Gasteiger charge is -2.23. The molecule has 0 heterocycles. The van der Waals surface area contributed by atoms with Crippen molar-refractivity contribution < 1.29 is 18.1 Å². The van der Waals surface area contributed by atoms with Crippen molar-refractivity contribution in [1.29, 1.82) is 0 Å². The molecular weight excluding hydrogens is 325 g/mol. The van der Waals surface area contributed by atoms with Gasteiger partial charge in [0.1, 0.15) is 11.5 Å².